The summed E-state index contributed by atoms with van der Waals surface area (Å²) in [7, 11) is 0. The zero-order valence-corrected chi connectivity index (χ0v) is 13.4. The topological polar surface area (TPSA) is 75.6 Å². The second-order valence-electron chi connectivity index (χ2n) is 6.04. The molecule has 0 saturated heterocycles. The van der Waals surface area contributed by atoms with Gasteiger partial charge in [0.15, 0.2) is 0 Å². The van der Waals surface area contributed by atoms with E-state index in [1.807, 2.05) is 30.3 Å². The highest BCUT2D eigenvalue weighted by Gasteiger charge is 2.30. The average molecular weight is 319 g/mol. The monoisotopic (exact) mass is 319 g/mol. The van der Waals surface area contributed by atoms with Crippen LogP contribution in [0.1, 0.15) is 37.7 Å². The lowest BCUT2D eigenvalue weighted by Crippen LogP contribution is -2.44. The number of aliphatic carboxylic acids is 1. The number of carboxylic acids is 1. The van der Waals surface area contributed by atoms with Gasteiger partial charge in [0.1, 0.15) is 6.61 Å². The number of carbonyl (C=O) groups is 2. The largest absolute Gasteiger partial charge is 0.481 e. The van der Waals surface area contributed by atoms with Gasteiger partial charge in [-0.1, -0.05) is 49.6 Å². The minimum atomic E-state index is -0.817. The molecule has 0 bridgehead atoms. The van der Waals surface area contributed by atoms with Crippen LogP contribution in [0.2, 0.25) is 0 Å². The lowest BCUT2D eigenvalue weighted by Gasteiger charge is -2.22. The maximum Gasteiger partial charge on any atom is 0.308 e. The van der Waals surface area contributed by atoms with Crippen LogP contribution in [-0.2, 0) is 20.7 Å². The Kier molecular flexibility index (Phi) is 7.07. The highest BCUT2D eigenvalue weighted by molar-refractivity contribution is 5.79. The molecule has 0 unspecified atom stereocenters. The second-order valence-corrected chi connectivity index (χ2v) is 6.04. The number of carboxylic acid groups (broad SMARTS) is 1. The molecule has 1 aromatic carbocycles. The number of carbonyl (C=O) groups excluding carboxylic acids is 1. The number of rotatable bonds is 7. The fourth-order valence-electron chi connectivity index (χ4n) is 3.02. The summed E-state index contributed by atoms with van der Waals surface area (Å²) in [4.78, 5) is 23.3. The van der Waals surface area contributed by atoms with E-state index in [1.165, 1.54) is 5.56 Å². The number of nitrogens with one attached hydrogen (secondary N) is 1. The van der Waals surface area contributed by atoms with E-state index in [4.69, 9.17) is 4.74 Å². The van der Waals surface area contributed by atoms with Crippen molar-refractivity contribution < 1.29 is 19.4 Å². The molecule has 23 heavy (non-hydrogen) atoms. The highest BCUT2D eigenvalue weighted by Crippen LogP contribution is 2.23. The van der Waals surface area contributed by atoms with E-state index >= 15 is 0 Å². The minimum absolute atomic E-state index is 0.0182. The summed E-state index contributed by atoms with van der Waals surface area (Å²) in [6.07, 6.45) is 5.03. The molecule has 0 spiro atoms. The van der Waals surface area contributed by atoms with Crippen molar-refractivity contribution in [3.8, 4) is 0 Å². The zero-order chi connectivity index (χ0) is 16.5. The molecule has 0 aliphatic heterocycles. The summed E-state index contributed by atoms with van der Waals surface area (Å²) >= 11 is 0. The Labute approximate surface area is 137 Å². The Bertz CT molecular complexity index is 503. The van der Waals surface area contributed by atoms with Crippen molar-refractivity contribution in [1.82, 2.24) is 5.32 Å². The summed E-state index contributed by atoms with van der Waals surface area (Å²) in [6, 6.07) is 9.67. The van der Waals surface area contributed by atoms with E-state index in [2.05, 4.69) is 5.32 Å². The number of amides is 1. The van der Waals surface area contributed by atoms with E-state index in [0.717, 1.165) is 32.1 Å². The van der Waals surface area contributed by atoms with Gasteiger partial charge in [-0.3, -0.25) is 9.59 Å². The third-order valence-corrected chi connectivity index (χ3v) is 4.29. The molecule has 0 aromatic heterocycles. The Morgan fingerprint density at radius 1 is 1.13 bits per heavy atom. The molecule has 5 nitrogen and oxygen atoms in total. The fraction of sp³-hybridized carbons (Fsp3) is 0.556. The number of hydrogen-bond acceptors (Lipinski definition) is 3. The maximum absolute atomic E-state index is 12.0. The van der Waals surface area contributed by atoms with Gasteiger partial charge in [0.05, 0.1) is 12.5 Å². The first-order chi connectivity index (χ1) is 11.2. The van der Waals surface area contributed by atoms with Crippen LogP contribution in [0.4, 0.5) is 0 Å². The molecular weight excluding hydrogens is 294 g/mol. The van der Waals surface area contributed by atoms with Crippen molar-refractivity contribution >= 4 is 11.9 Å². The van der Waals surface area contributed by atoms with Crippen LogP contribution < -0.4 is 5.32 Å². The summed E-state index contributed by atoms with van der Waals surface area (Å²) in [5.41, 5.74) is 1.17. The van der Waals surface area contributed by atoms with Crippen molar-refractivity contribution in [1.29, 1.82) is 0 Å². The van der Waals surface area contributed by atoms with Crippen molar-refractivity contribution in [3.05, 3.63) is 35.9 Å². The normalized spacial score (nSPS) is 21.4. The van der Waals surface area contributed by atoms with Crippen LogP contribution in [0.25, 0.3) is 0 Å². The van der Waals surface area contributed by atoms with Gasteiger partial charge in [-0.25, -0.2) is 0 Å². The predicted octanol–water partition coefficient (Wildman–Crippen LogP) is 2.40. The third kappa shape index (κ3) is 6.02. The van der Waals surface area contributed by atoms with Gasteiger partial charge in [-0.05, 0) is 24.8 Å². The molecule has 1 aliphatic rings. The first-order valence-electron chi connectivity index (χ1n) is 8.30. The van der Waals surface area contributed by atoms with E-state index in [9.17, 15) is 14.7 Å². The van der Waals surface area contributed by atoms with Gasteiger partial charge >= 0.3 is 5.97 Å². The van der Waals surface area contributed by atoms with Crippen LogP contribution in [0.15, 0.2) is 30.3 Å². The number of ether oxygens (including phenoxy) is 1. The van der Waals surface area contributed by atoms with Crippen molar-refractivity contribution in [2.45, 2.75) is 44.6 Å². The Balaban J connectivity index is 1.71. The molecule has 1 aromatic rings. The zero-order valence-electron chi connectivity index (χ0n) is 13.4. The quantitative estimate of drug-likeness (QED) is 0.598. The summed E-state index contributed by atoms with van der Waals surface area (Å²) in [5, 5.41) is 12.1. The van der Waals surface area contributed by atoms with Crippen molar-refractivity contribution in [3.63, 3.8) is 0 Å². The molecule has 1 amide bonds. The molecule has 1 fully saturated rings. The highest BCUT2D eigenvalue weighted by atomic mass is 16.5. The van der Waals surface area contributed by atoms with E-state index in [1.54, 1.807) is 0 Å². The molecule has 5 heteroatoms. The SMILES string of the molecule is O=C(COCCc1ccccc1)N[C@H]1CCCCC[C@H]1C(=O)O. The Morgan fingerprint density at radius 2 is 1.87 bits per heavy atom. The molecule has 0 heterocycles. The molecule has 0 radical (unpaired) electrons. The van der Waals surface area contributed by atoms with Gasteiger partial charge in [0.25, 0.3) is 0 Å². The molecule has 126 valence electrons. The number of benzene rings is 1. The van der Waals surface area contributed by atoms with Crippen LogP contribution in [0.5, 0.6) is 0 Å². The van der Waals surface area contributed by atoms with Crippen LogP contribution >= 0.6 is 0 Å². The molecule has 2 N–H and O–H groups in total. The summed E-state index contributed by atoms with van der Waals surface area (Å²) < 4.78 is 5.41. The molecule has 2 rings (SSSR count). The minimum Gasteiger partial charge on any atom is -0.481 e. The molecular formula is C18H25NO4. The first-order valence-corrected chi connectivity index (χ1v) is 8.30. The first kappa shape index (κ1) is 17.5. The van der Waals surface area contributed by atoms with Crippen LogP contribution in [-0.4, -0.2) is 36.2 Å². The van der Waals surface area contributed by atoms with Crippen molar-refractivity contribution in [2.24, 2.45) is 5.92 Å². The summed E-state index contributed by atoms with van der Waals surface area (Å²) in [6.45, 7) is 0.458. The standard InChI is InChI=1S/C18H25NO4/c20-17(13-23-12-11-14-7-3-1-4-8-14)19-16-10-6-2-5-9-15(16)18(21)22/h1,3-4,7-8,15-16H,2,5-6,9-13H2,(H,19,20)(H,21,22)/t15-,16+/m1/s1. The van der Waals surface area contributed by atoms with Gasteiger partial charge < -0.3 is 15.2 Å². The average Bonchev–Trinajstić information content (AvgIpc) is 2.78. The van der Waals surface area contributed by atoms with Gasteiger partial charge in [-0.2, -0.15) is 0 Å². The Morgan fingerprint density at radius 3 is 2.61 bits per heavy atom. The smallest absolute Gasteiger partial charge is 0.308 e. The fourth-order valence-corrected chi connectivity index (χ4v) is 3.02. The van der Waals surface area contributed by atoms with Gasteiger partial charge in [-0.15, -0.1) is 0 Å². The van der Waals surface area contributed by atoms with Crippen LogP contribution in [0.3, 0.4) is 0 Å². The third-order valence-electron chi connectivity index (χ3n) is 4.29. The van der Waals surface area contributed by atoms with E-state index < -0.39 is 11.9 Å². The molecule has 2 atom stereocenters. The lowest BCUT2D eigenvalue weighted by molar-refractivity contribution is -0.143. The van der Waals surface area contributed by atoms with Crippen LogP contribution in [0, 0.1) is 5.92 Å². The molecule has 1 aliphatic carbocycles. The maximum atomic E-state index is 12.0. The lowest BCUT2D eigenvalue weighted by atomic mass is 9.95. The summed E-state index contributed by atoms with van der Waals surface area (Å²) in [5.74, 6) is -1.52. The molecule has 1 saturated carbocycles. The number of hydrogen-bond donors (Lipinski definition) is 2. The Hall–Kier alpha value is -1.88. The van der Waals surface area contributed by atoms with E-state index in [-0.39, 0.29) is 18.6 Å². The van der Waals surface area contributed by atoms with Gasteiger partial charge in [0, 0.05) is 6.04 Å². The van der Waals surface area contributed by atoms with E-state index in [0.29, 0.717) is 13.0 Å². The van der Waals surface area contributed by atoms with Crippen molar-refractivity contribution in [2.75, 3.05) is 13.2 Å². The second kappa shape index (κ2) is 9.30. The predicted molar refractivity (Wildman–Crippen MR) is 87.1 cm³/mol. The van der Waals surface area contributed by atoms with Gasteiger partial charge in [0.2, 0.25) is 5.91 Å².